The summed E-state index contributed by atoms with van der Waals surface area (Å²) in [7, 11) is 3.84. The van der Waals surface area contributed by atoms with Crippen molar-refractivity contribution < 1.29 is 22.8 Å². The van der Waals surface area contributed by atoms with E-state index in [2.05, 4.69) is 5.32 Å². The minimum absolute atomic E-state index is 0.120. The molecule has 0 aliphatic rings. The molecule has 1 aromatic rings. The van der Waals surface area contributed by atoms with Gasteiger partial charge >= 0.3 is 6.03 Å². The second kappa shape index (κ2) is 10.9. The summed E-state index contributed by atoms with van der Waals surface area (Å²) in [6.07, 6.45) is 0.355. The predicted octanol–water partition coefficient (Wildman–Crippen LogP) is 1.87. The van der Waals surface area contributed by atoms with E-state index in [1.807, 2.05) is 19.0 Å². The fourth-order valence-corrected chi connectivity index (χ4v) is 2.53. The summed E-state index contributed by atoms with van der Waals surface area (Å²) in [4.78, 5) is 27.4. The van der Waals surface area contributed by atoms with Crippen LogP contribution in [0.4, 0.5) is 18.0 Å². The Bertz CT molecular complexity index is 656. The highest BCUT2D eigenvalue weighted by Crippen LogP contribution is 2.16. The molecule has 152 valence electrons. The Morgan fingerprint density at radius 3 is 2.37 bits per heavy atom. The molecule has 0 radical (unpaired) electrons. The number of nitrogens with zero attached hydrogens (tertiary/aromatic N) is 2. The van der Waals surface area contributed by atoms with Gasteiger partial charge < -0.3 is 16.0 Å². The molecule has 0 bridgehead atoms. The Labute approximate surface area is 157 Å². The predicted molar refractivity (Wildman–Crippen MR) is 96.6 cm³/mol. The lowest BCUT2D eigenvalue weighted by atomic mass is 10.0. The zero-order valence-electron chi connectivity index (χ0n) is 15.9. The molecule has 6 nitrogen and oxygen atoms in total. The van der Waals surface area contributed by atoms with Gasteiger partial charge in [-0.1, -0.05) is 0 Å². The maximum Gasteiger partial charge on any atom is 0.324 e. The van der Waals surface area contributed by atoms with Crippen molar-refractivity contribution in [1.82, 2.24) is 15.1 Å². The average Bonchev–Trinajstić information content (AvgIpc) is 2.57. The Hall–Kier alpha value is -2.13. The maximum atomic E-state index is 13.7. The van der Waals surface area contributed by atoms with Gasteiger partial charge in [-0.15, -0.1) is 0 Å². The van der Waals surface area contributed by atoms with Crippen molar-refractivity contribution in [2.75, 3.05) is 33.7 Å². The van der Waals surface area contributed by atoms with Gasteiger partial charge in [-0.2, -0.15) is 0 Å². The fraction of sp³-hybridized carbons (Fsp3) is 0.556. The van der Waals surface area contributed by atoms with Crippen molar-refractivity contribution in [3.8, 4) is 0 Å². The molecule has 9 heteroatoms. The zero-order valence-corrected chi connectivity index (χ0v) is 15.9. The van der Waals surface area contributed by atoms with Crippen molar-refractivity contribution in [1.29, 1.82) is 0 Å². The number of halogens is 3. The van der Waals surface area contributed by atoms with Crippen molar-refractivity contribution in [3.05, 3.63) is 35.1 Å². The third-order valence-electron chi connectivity index (χ3n) is 3.93. The molecule has 3 amide bonds. The van der Waals surface area contributed by atoms with Gasteiger partial charge in [0.25, 0.3) is 0 Å². The summed E-state index contributed by atoms with van der Waals surface area (Å²) in [6, 6.07) is -0.192. The van der Waals surface area contributed by atoms with Crippen LogP contribution < -0.4 is 11.1 Å². The van der Waals surface area contributed by atoms with Crippen LogP contribution in [0.3, 0.4) is 0 Å². The fourth-order valence-electron chi connectivity index (χ4n) is 2.53. The molecule has 0 saturated carbocycles. The molecular weight excluding hydrogens is 361 g/mol. The second-order valence-corrected chi connectivity index (χ2v) is 6.55. The highest BCUT2D eigenvalue weighted by molar-refractivity contribution is 5.94. The van der Waals surface area contributed by atoms with E-state index in [9.17, 15) is 22.8 Å². The number of nitrogens with two attached hydrogens (primary N) is 1. The van der Waals surface area contributed by atoms with Crippen molar-refractivity contribution in [2.24, 2.45) is 5.73 Å². The quantitative estimate of drug-likeness (QED) is 0.500. The standard InChI is InChI=1S/C18H27F3N4O2/c1-4-25(18(27)23-6-5-7-24(2)3)17(26)10-13(22)8-12-9-15(20)16(21)11-14(12)19/h9,11,13H,4-8,10,22H2,1-3H3,(H,23,27)/t13-/m1/s1. The Balaban J connectivity index is 2.58. The average molecular weight is 388 g/mol. The minimum atomic E-state index is -1.29. The number of nitrogens with one attached hydrogen (secondary N) is 1. The summed E-state index contributed by atoms with van der Waals surface area (Å²) >= 11 is 0. The largest absolute Gasteiger partial charge is 0.338 e. The third kappa shape index (κ3) is 7.56. The van der Waals surface area contributed by atoms with Crippen LogP contribution in [0.5, 0.6) is 0 Å². The van der Waals surface area contributed by atoms with Crippen LogP contribution in [-0.4, -0.2) is 61.5 Å². The van der Waals surface area contributed by atoms with Gasteiger partial charge in [0.1, 0.15) is 5.82 Å². The second-order valence-electron chi connectivity index (χ2n) is 6.55. The summed E-state index contributed by atoms with van der Waals surface area (Å²) in [5.41, 5.74) is 5.72. The van der Waals surface area contributed by atoms with Gasteiger partial charge in [-0.25, -0.2) is 18.0 Å². The number of urea groups is 1. The molecule has 1 atom stereocenters. The monoisotopic (exact) mass is 388 g/mol. The molecule has 1 rings (SSSR count). The van der Waals surface area contributed by atoms with Crippen LogP contribution >= 0.6 is 0 Å². The normalized spacial score (nSPS) is 12.1. The smallest absolute Gasteiger partial charge is 0.324 e. The number of amides is 3. The molecule has 27 heavy (non-hydrogen) atoms. The highest BCUT2D eigenvalue weighted by Gasteiger charge is 2.22. The van der Waals surface area contributed by atoms with E-state index >= 15 is 0 Å². The lowest BCUT2D eigenvalue weighted by Gasteiger charge is -2.22. The van der Waals surface area contributed by atoms with Crippen LogP contribution in [0.25, 0.3) is 0 Å². The van der Waals surface area contributed by atoms with E-state index in [1.54, 1.807) is 6.92 Å². The number of benzene rings is 1. The zero-order chi connectivity index (χ0) is 20.6. The Kier molecular flexibility index (Phi) is 9.23. The van der Waals surface area contributed by atoms with Crippen LogP contribution in [-0.2, 0) is 11.2 Å². The first-order valence-corrected chi connectivity index (χ1v) is 8.77. The summed E-state index contributed by atoms with van der Waals surface area (Å²) in [5.74, 6) is -3.91. The van der Waals surface area contributed by atoms with Crippen LogP contribution in [0, 0.1) is 17.5 Å². The first kappa shape index (κ1) is 22.9. The number of carbonyl (C=O) groups is 2. The van der Waals surface area contributed by atoms with Crippen LogP contribution in [0.15, 0.2) is 12.1 Å². The number of rotatable bonds is 9. The summed E-state index contributed by atoms with van der Waals surface area (Å²) in [5, 5.41) is 2.66. The molecule has 0 fully saturated rings. The van der Waals surface area contributed by atoms with Crippen molar-refractivity contribution in [2.45, 2.75) is 32.2 Å². The summed E-state index contributed by atoms with van der Waals surface area (Å²) in [6.45, 7) is 3.03. The molecule has 0 aromatic heterocycles. The minimum Gasteiger partial charge on any atom is -0.338 e. The van der Waals surface area contributed by atoms with Gasteiger partial charge in [0.2, 0.25) is 5.91 Å². The van der Waals surface area contributed by atoms with Crippen LogP contribution in [0.1, 0.15) is 25.3 Å². The lowest BCUT2D eigenvalue weighted by Crippen LogP contribution is -2.46. The summed E-state index contributed by atoms with van der Waals surface area (Å²) < 4.78 is 39.9. The Morgan fingerprint density at radius 2 is 1.78 bits per heavy atom. The number of hydrogen-bond acceptors (Lipinski definition) is 4. The molecule has 3 N–H and O–H groups in total. The molecule has 1 aromatic carbocycles. The van der Waals surface area contributed by atoms with E-state index < -0.39 is 35.4 Å². The molecule has 0 heterocycles. The van der Waals surface area contributed by atoms with E-state index in [0.717, 1.165) is 23.9 Å². The van der Waals surface area contributed by atoms with Gasteiger partial charge in [0.15, 0.2) is 11.6 Å². The molecule has 0 saturated heterocycles. The first-order chi connectivity index (χ1) is 12.6. The molecule has 0 unspecified atom stereocenters. The molecule has 0 aliphatic heterocycles. The topological polar surface area (TPSA) is 78.7 Å². The van der Waals surface area contributed by atoms with Gasteiger partial charge in [-0.05, 0) is 52.0 Å². The SMILES string of the molecule is CCN(C(=O)C[C@H](N)Cc1cc(F)c(F)cc1F)C(=O)NCCCN(C)C. The Morgan fingerprint density at radius 1 is 1.15 bits per heavy atom. The number of hydrogen-bond donors (Lipinski definition) is 2. The van der Waals surface area contributed by atoms with Gasteiger partial charge in [-0.3, -0.25) is 9.69 Å². The molecule has 0 spiro atoms. The lowest BCUT2D eigenvalue weighted by molar-refractivity contribution is -0.128. The van der Waals surface area contributed by atoms with E-state index in [1.165, 1.54) is 0 Å². The number of imide groups is 1. The van der Waals surface area contributed by atoms with Crippen LogP contribution in [0.2, 0.25) is 0 Å². The molecular formula is C18H27F3N4O2. The van der Waals surface area contributed by atoms with Gasteiger partial charge in [0, 0.05) is 31.6 Å². The van der Waals surface area contributed by atoms with Crippen molar-refractivity contribution >= 4 is 11.9 Å². The highest BCUT2D eigenvalue weighted by atomic mass is 19.2. The first-order valence-electron chi connectivity index (χ1n) is 8.77. The molecule has 0 aliphatic carbocycles. The van der Waals surface area contributed by atoms with E-state index in [4.69, 9.17) is 5.73 Å². The number of carbonyl (C=O) groups excluding carboxylic acids is 2. The van der Waals surface area contributed by atoms with Crippen molar-refractivity contribution in [3.63, 3.8) is 0 Å². The third-order valence-corrected chi connectivity index (χ3v) is 3.93. The van der Waals surface area contributed by atoms with Gasteiger partial charge in [0.05, 0.1) is 0 Å². The van der Waals surface area contributed by atoms with E-state index in [-0.39, 0.29) is 24.9 Å². The maximum absolute atomic E-state index is 13.7. The van der Waals surface area contributed by atoms with E-state index in [0.29, 0.717) is 12.6 Å².